The fourth-order valence-electron chi connectivity index (χ4n) is 4.96. The van der Waals surface area contributed by atoms with Gasteiger partial charge in [0.05, 0.1) is 5.39 Å². The van der Waals surface area contributed by atoms with Gasteiger partial charge in [-0.15, -0.1) is 11.3 Å². The van der Waals surface area contributed by atoms with Crippen molar-refractivity contribution in [1.29, 1.82) is 0 Å². The van der Waals surface area contributed by atoms with Crippen LogP contribution in [0, 0.1) is 0 Å². The molecule has 12 heteroatoms. The third kappa shape index (κ3) is 4.49. The van der Waals surface area contributed by atoms with Crippen LogP contribution in [-0.2, 0) is 10.0 Å². The van der Waals surface area contributed by atoms with Gasteiger partial charge in [0, 0.05) is 63.2 Å². The number of aromatic nitrogens is 4. The molecule has 0 atom stereocenters. The fourth-order valence-corrected chi connectivity index (χ4v) is 7.18. The molecule has 2 saturated heterocycles. The van der Waals surface area contributed by atoms with Crippen LogP contribution in [0.15, 0.2) is 64.0 Å². The minimum absolute atomic E-state index is 0.226. The van der Waals surface area contributed by atoms with Crippen molar-refractivity contribution in [1.82, 2.24) is 23.8 Å². The number of sulfonamides is 1. The molecular weight excluding hydrogens is 510 g/mol. The van der Waals surface area contributed by atoms with Crippen molar-refractivity contribution in [2.24, 2.45) is 0 Å². The largest absolute Gasteiger partial charge is 0.353 e. The number of hydrogen-bond acceptors (Lipinski definition) is 9. The molecule has 4 aromatic heterocycles. The summed E-state index contributed by atoms with van der Waals surface area (Å²) in [4.78, 5) is 31.4. The first-order chi connectivity index (χ1) is 18.0. The van der Waals surface area contributed by atoms with Crippen LogP contribution >= 0.6 is 11.3 Å². The van der Waals surface area contributed by atoms with E-state index in [1.807, 2.05) is 29.6 Å². The van der Waals surface area contributed by atoms with Crippen molar-refractivity contribution in [2.75, 3.05) is 49.1 Å². The Labute approximate surface area is 218 Å². The summed E-state index contributed by atoms with van der Waals surface area (Å²) >= 11 is 1.37. The van der Waals surface area contributed by atoms with Gasteiger partial charge in [0.15, 0.2) is 10.8 Å². The predicted molar refractivity (Wildman–Crippen MR) is 144 cm³/mol. The minimum Gasteiger partial charge on any atom is -0.353 e. The maximum Gasteiger partial charge on any atom is 0.248 e. The molecule has 0 unspecified atom stereocenters. The first-order valence-corrected chi connectivity index (χ1v) is 14.7. The number of piperazine rings is 1. The lowest BCUT2D eigenvalue weighted by atomic mass is 10.2. The summed E-state index contributed by atoms with van der Waals surface area (Å²) in [7, 11) is -3.93. The van der Waals surface area contributed by atoms with E-state index in [1.165, 1.54) is 21.8 Å². The molecule has 2 fully saturated rings. The number of rotatable bonds is 5. The lowest BCUT2D eigenvalue weighted by molar-refractivity contribution is 0.346. The maximum absolute atomic E-state index is 13.5. The van der Waals surface area contributed by atoms with Gasteiger partial charge in [0.1, 0.15) is 16.5 Å². The van der Waals surface area contributed by atoms with Crippen molar-refractivity contribution >= 4 is 44.0 Å². The van der Waals surface area contributed by atoms with Gasteiger partial charge in [-0.3, -0.25) is 9.36 Å². The van der Waals surface area contributed by atoms with Crippen LogP contribution in [0.4, 0.5) is 11.6 Å². The Bertz CT molecular complexity index is 1560. The number of pyridine rings is 3. The molecule has 192 valence electrons. The average molecular weight is 538 g/mol. The van der Waals surface area contributed by atoms with Crippen LogP contribution in [0.3, 0.4) is 0 Å². The summed E-state index contributed by atoms with van der Waals surface area (Å²) in [5.74, 6) is 1.69. The Kier molecular flexibility index (Phi) is 6.39. The molecular formula is C25H27N7O3S2. The third-order valence-electron chi connectivity index (χ3n) is 6.94. The minimum atomic E-state index is -3.93. The van der Waals surface area contributed by atoms with Crippen molar-refractivity contribution in [3.05, 3.63) is 64.5 Å². The Morgan fingerprint density at radius 2 is 1.57 bits per heavy atom. The molecule has 0 aliphatic carbocycles. The number of anilines is 2. The molecule has 0 spiro atoms. The Hall–Kier alpha value is -3.35. The van der Waals surface area contributed by atoms with E-state index in [1.54, 1.807) is 23.0 Å². The molecule has 6 heterocycles. The second-order valence-corrected chi connectivity index (χ2v) is 12.0. The van der Waals surface area contributed by atoms with E-state index in [0.29, 0.717) is 23.9 Å². The van der Waals surface area contributed by atoms with Crippen LogP contribution in [0.2, 0.25) is 0 Å². The molecule has 2 aliphatic heterocycles. The Morgan fingerprint density at radius 1 is 0.811 bits per heavy atom. The van der Waals surface area contributed by atoms with Crippen LogP contribution in [-0.4, -0.2) is 71.5 Å². The van der Waals surface area contributed by atoms with E-state index in [0.717, 1.165) is 57.1 Å². The van der Waals surface area contributed by atoms with Gasteiger partial charge in [-0.1, -0.05) is 12.5 Å². The lowest BCUT2D eigenvalue weighted by Gasteiger charge is -2.36. The van der Waals surface area contributed by atoms with E-state index in [-0.39, 0.29) is 10.3 Å². The van der Waals surface area contributed by atoms with Gasteiger partial charge < -0.3 is 9.80 Å². The molecule has 2 aliphatic rings. The van der Waals surface area contributed by atoms with Gasteiger partial charge in [0.25, 0.3) is 0 Å². The van der Waals surface area contributed by atoms with E-state index in [4.69, 9.17) is 4.98 Å². The third-order valence-corrected chi connectivity index (χ3v) is 9.60. The number of thiazole rings is 1. The lowest BCUT2D eigenvalue weighted by Crippen LogP contribution is -2.47. The van der Waals surface area contributed by atoms with Crippen LogP contribution in [0.25, 0.3) is 16.2 Å². The molecule has 0 aromatic carbocycles. The van der Waals surface area contributed by atoms with Crippen LogP contribution in [0.5, 0.6) is 0 Å². The summed E-state index contributed by atoms with van der Waals surface area (Å²) in [6.45, 7) is 3.94. The second-order valence-electron chi connectivity index (χ2n) is 9.17. The summed E-state index contributed by atoms with van der Waals surface area (Å²) in [6, 6.07) is 9.40. The summed E-state index contributed by atoms with van der Waals surface area (Å²) < 4.78 is 30.1. The monoisotopic (exact) mass is 537 g/mol. The van der Waals surface area contributed by atoms with Crippen molar-refractivity contribution < 1.29 is 8.42 Å². The molecule has 0 amide bonds. The smallest absolute Gasteiger partial charge is 0.248 e. The van der Waals surface area contributed by atoms with Gasteiger partial charge in [-0.25, -0.2) is 23.4 Å². The van der Waals surface area contributed by atoms with E-state index in [9.17, 15) is 13.2 Å². The zero-order valence-electron chi connectivity index (χ0n) is 20.2. The molecule has 0 N–H and O–H groups in total. The van der Waals surface area contributed by atoms with Crippen molar-refractivity contribution in [2.45, 2.75) is 24.2 Å². The molecule has 0 radical (unpaired) electrons. The normalized spacial score (nSPS) is 17.4. The highest BCUT2D eigenvalue weighted by Crippen LogP contribution is 2.26. The summed E-state index contributed by atoms with van der Waals surface area (Å²) in [5, 5.41) is 2.65. The van der Waals surface area contributed by atoms with Crippen LogP contribution < -0.4 is 15.2 Å². The highest BCUT2D eigenvalue weighted by atomic mass is 32.2. The number of hydrogen-bond donors (Lipinski definition) is 0. The average Bonchev–Trinajstić information content (AvgIpc) is 3.49. The number of nitrogens with zero attached hydrogens (tertiary/aromatic N) is 7. The highest BCUT2D eigenvalue weighted by molar-refractivity contribution is 7.89. The van der Waals surface area contributed by atoms with Crippen molar-refractivity contribution in [3.63, 3.8) is 0 Å². The Morgan fingerprint density at radius 3 is 2.24 bits per heavy atom. The molecule has 6 rings (SSSR count). The van der Waals surface area contributed by atoms with Gasteiger partial charge in [0.2, 0.25) is 15.5 Å². The standard InChI is InChI=1S/C25H27N7O3S2/c33-23-19-7-8-22(30-15-13-29(14-16-30)21-6-2-3-9-26-21)28-24(19)32(25-27-10-17-36-25)18-20(23)37(34,35)31-11-4-1-5-12-31/h2-3,6-10,17-18H,1,4-5,11-16H2. The quantitative estimate of drug-likeness (QED) is 0.383. The maximum atomic E-state index is 13.5. The molecule has 0 bridgehead atoms. The van der Waals surface area contributed by atoms with Gasteiger partial charge >= 0.3 is 0 Å². The summed E-state index contributed by atoms with van der Waals surface area (Å²) in [6.07, 6.45) is 7.45. The zero-order valence-corrected chi connectivity index (χ0v) is 21.9. The van der Waals surface area contributed by atoms with Crippen molar-refractivity contribution in [3.8, 4) is 5.13 Å². The highest BCUT2D eigenvalue weighted by Gasteiger charge is 2.31. The molecule has 37 heavy (non-hydrogen) atoms. The predicted octanol–water partition coefficient (Wildman–Crippen LogP) is 2.74. The molecule has 4 aromatic rings. The molecule has 10 nitrogen and oxygen atoms in total. The second kappa shape index (κ2) is 9.84. The number of fused-ring (bicyclic) bond motifs is 1. The Balaban J connectivity index is 1.38. The van der Waals surface area contributed by atoms with E-state index >= 15 is 0 Å². The molecule has 0 saturated carbocycles. The fraction of sp³-hybridized carbons (Fsp3) is 0.360. The topological polar surface area (TPSA) is 105 Å². The van der Waals surface area contributed by atoms with E-state index < -0.39 is 15.5 Å². The first-order valence-electron chi connectivity index (χ1n) is 12.4. The van der Waals surface area contributed by atoms with Gasteiger partial charge in [-0.2, -0.15) is 4.31 Å². The first kappa shape index (κ1) is 24.0. The SMILES string of the molecule is O=c1c(S(=O)(=O)N2CCCCC2)cn(-c2nccs2)c2nc(N3CCN(c4ccccn4)CC3)ccc12. The summed E-state index contributed by atoms with van der Waals surface area (Å²) in [5.41, 5.74) is -0.116. The van der Waals surface area contributed by atoms with Gasteiger partial charge in [-0.05, 0) is 37.1 Å². The zero-order chi connectivity index (χ0) is 25.4. The van der Waals surface area contributed by atoms with Crippen LogP contribution in [0.1, 0.15) is 19.3 Å². The number of piperidine rings is 1. The van der Waals surface area contributed by atoms with E-state index in [2.05, 4.69) is 19.8 Å².